The predicted octanol–water partition coefficient (Wildman–Crippen LogP) is -4.61. The van der Waals surface area contributed by atoms with E-state index < -0.39 is 36.4 Å². The lowest BCUT2D eigenvalue weighted by Gasteiger charge is -2.49. The number of hydrogen-bond donors (Lipinski definition) is 7. The molecule has 13 heteroatoms. The highest BCUT2D eigenvalue weighted by atomic mass is 16.4. The van der Waals surface area contributed by atoms with E-state index in [1.54, 1.807) is 0 Å². The van der Waals surface area contributed by atoms with Crippen molar-refractivity contribution in [3.8, 4) is 0 Å². The van der Waals surface area contributed by atoms with Crippen molar-refractivity contribution in [1.29, 1.82) is 0 Å². The van der Waals surface area contributed by atoms with Gasteiger partial charge in [-0.1, -0.05) is 0 Å². The van der Waals surface area contributed by atoms with Gasteiger partial charge in [0.1, 0.15) is 5.60 Å². The van der Waals surface area contributed by atoms with Crippen LogP contribution in [0.3, 0.4) is 0 Å². The molecule has 0 aliphatic carbocycles. The standard InChI is InChI=1S/3C10H21NO.C6H8O7/c3*1-9(2)6-8(12)7-10(3,4)11(9)5;7-3(8)1-6(13,5(11)12)2-4(9)10/h3*8,12H,6-7H2,1-5H3;13H,1-2H2,(H,7,8)(H,9,10)(H,11,12). The Labute approximate surface area is 295 Å². The van der Waals surface area contributed by atoms with E-state index in [0.717, 1.165) is 38.5 Å². The summed E-state index contributed by atoms with van der Waals surface area (Å²) in [4.78, 5) is 34.6. The van der Waals surface area contributed by atoms with Gasteiger partial charge in [0, 0.05) is 63.3 Å². The summed E-state index contributed by atoms with van der Waals surface area (Å²) in [6, 6.07) is 0. The average molecular weight is 706 g/mol. The highest BCUT2D eigenvalue weighted by molar-refractivity contribution is 5.86. The van der Waals surface area contributed by atoms with E-state index in [4.69, 9.17) is 5.11 Å². The first-order valence-electron chi connectivity index (χ1n) is 17.5. The topological polar surface area (TPSA) is 215 Å². The fourth-order valence-corrected chi connectivity index (χ4v) is 8.10. The molecular formula is C36H71N3O10. The smallest absolute Gasteiger partial charge is 0.114 e. The maximum absolute atomic E-state index is 10.1. The Morgan fingerprint density at radius 2 is 0.673 bits per heavy atom. The van der Waals surface area contributed by atoms with Crippen LogP contribution < -0.4 is 30.0 Å². The fraction of sp³-hybridized carbons (Fsp3) is 0.917. The molecule has 0 spiro atoms. The first kappa shape index (κ1) is 47.1. The number of hydrogen-bond acceptors (Lipinski definition) is 10. The molecule has 49 heavy (non-hydrogen) atoms. The molecule has 3 saturated heterocycles. The Morgan fingerprint density at radius 3 is 0.796 bits per heavy atom. The Bertz CT molecular complexity index is 953. The van der Waals surface area contributed by atoms with E-state index in [1.807, 2.05) is 0 Å². The molecule has 0 unspecified atom stereocenters. The van der Waals surface area contributed by atoms with Gasteiger partial charge in [-0.25, -0.2) is 0 Å². The normalized spacial score (nSPS) is 31.9. The van der Waals surface area contributed by atoms with E-state index in [0.29, 0.717) is 0 Å². The molecule has 290 valence electrons. The summed E-state index contributed by atoms with van der Waals surface area (Å²) in [5, 5.41) is 68.0. The molecule has 3 aliphatic rings. The first-order valence-corrected chi connectivity index (χ1v) is 17.5. The van der Waals surface area contributed by atoms with Gasteiger partial charge in [-0.3, -0.25) is 0 Å². The summed E-state index contributed by atoms with van der Waals surface area (Å²) in [6.07, 6.45) is 2.46. The Morgan fingerprint density at radius 1 is 0.510 bits per heavy atom. The maximum Gasteiger partial charge on any atom is 0.114 e. The van der Waals surface area contributed by atoms with Crippen molar-refractivity contribution in [3.63, 3.8) is 0 Å². The molecule has 0 aromatic heterocycles. The van der Waals surface area contributed by atoms with Crippen LogP contribution in [0.1, 0.15) is 134 Å². The van der Waals surface area contributed by atoms with Crippen LogP contribution in [-0.2, 0) is 14.4 Å². The zero-order valence-electron chi connectivity index (χ0n) is 33.1. The lowest BCUT2D eigenvalue weighted by Crippen LogP contribution is -3.24. The third-order valence-electron chi connectivity index (χ3n) is 11.8. The van der Waals surface area contributed by atoms with Crippen LogP contribution >= 0.6 is 0 Å². The molecule has 0 bridgehead atoms. The fourth-order valence-electron chi connectivity index (χ4n) is 8.10. The minimum absolute atomic E-state index is 0.112. The maximum atomic E-state index is 10.1. The van der Waals surface area contributed by atoms with Crippen molar-refractivity contribution in [2.75, 3.05) is 21.1 Å². The lowest BCUT2D eigenvalue weighted by molar-refractivity contribution is -0.983. The van der Waals surface area contributed by atoms with Gasteiger partial charge in [0.25, 0.3) is 0 Å². The molecule has 3 aliphatic heterocycles. The van der Waals surface area contributed by atoms with Crippen molar-refractivity contribution in [2.24, 2.45) is 0 Å². The van der Waals surface area contributed by atoms with Crippen LogP contribution in [0.25, 0.3) is 0 Å². The van der Waals surface area contributed by atoms with Gasteiger partial charge in [-0.2, -0.15) is 0 Å². The van der Waals surface area contributed by atoms with Gasteiger partial charge in [-0.05, 0) is 83.1 Å². The Balaban J connectivity index is 0.000000627. The third kappa shape index (κ3) is 14.0. The molecule has 3 fully saturated rings. The summed E-state index contributed by atoms with van der Waals surface area (Å²) >= 11 is 0. The van der Waals surface area contributed by atoms with Gasteiger partial charge in [0.05, 0.1) is 78.7 Å². The SMILES string of the molecule is C[NH+]1C(C)(C)CC(O)CC1(C)C.C[NH+]1C(C)(C)CC(O)CC1(C)C.C[NH+]1C(C)(C)CC(O)CC1(C)C.O=C([O-])CC(O)(CC(=O)[O-])C(=O)[O-]. The zero-order chi connectivity index (χ0) is 39.4. The van der Waals surface area contributed by atoms with Crippen LogP contribution in [0.15, 0.2) is 0 Å². The molecule has 0 aromatic carbocycles. The number of aliphatic carboxylic acids is 3. The second-order valence-corrected chi connectivity index (χ2v) is 18.8. The minimum atomic E-state index is -2.97. The number of rotatable bonds is 5. The van der Waals surface area contributed by atoms with E-state index in [-0.39, 0.29) is 51.5 Å². The van der Waals surface area contributed by atoms with E-state index >= 15 is 0 Å². The molecule has 13 nitrogen and oxygen atoms in total. The number of likely N-dealkylation sites (tertiary alicyclic amines) is 3. The molecule has 0 amide bonds. The van der Waals surface area contributed by atoms with Gasteiger partial charge in [0.15, 0.2) is 0 Å². The number of quaternary nitrogens is 3. The number of aliphatic hydroxyl groups is 4. The van der Waals surface area contributed by atoms with Gasteiger partial charge in [0.2, 0.25) is 0 Å². The van der Waals surface area contributed by atoms with E-state index in [9.17, 15) is 45.0 Å². The van der Waals surface area contributed by atoms with Gasteiger partial charge < -0.3 is 64.8 Å². The number of carbonyl (C=O) groups is 3. The van der Waals surface area contributed by atoms with Crippen molar-refractivity contribution in [3.05, 3.63) is 0 Å². The zero-order valence-corrected chi connectivity index (χ0v) is 33.1. The van der Waals surface area contributed by atoms with E-state index in [1.165, 1.54) is 14.7 Å². The number of piperidine rings is 3. The van der Waals surface area contributed by atoms with Gasteiger partial charge >= 0.3 is 0 Å². The van der Waals surface area contributed by atoms with Crippen molar-refractivity contribution >= 4 is 17.9 Å². The van der Waals surface area contributed by atoms with Crippen LogP contribution in [0.2, 0.25) is 0 Å². The summed E-state index contributed by atoms with van der Waals surface area (Å²) < 4.78 is 0. The molecule has 0 radical (unpaired) electrons. The summed E-state index contributed by atoms with van der Waals surface area (Å²) in [6.45, 7) is 26.7. The molecule has 7 N–H and O–H groups in total. The number of carbonyl (C=O) groups excluding carboxylic acids is 3. The molecule has 3 rings (SSSR count). The predicted molar refractivity (Wildman–Crippen MR) is 180 cm³/mol. The molecule has 0 atom stereocenters. The molecule has 0 saturated carbocycles. The largest absolute Gasteiger partial charge is 0.550 e. The third-order valence-corrected chi connectivity index (χ3v) is 11.8. The molecular weight excluding hydrogens is 634 g/mol. The van der Waals surface area contributed by atoms with Crippen LogP contribution in [0.4, 0.5) is 0 Å². The van der Waals surface area contributed by atoms with Crippen molar-refractivity contribution in [1.82, 2.24) is 0 Å². The number of carboxylic acid groups (broad SMARTS) is 3. The minimum Gasteiger partial charge on any atom is -0.550 e. The summed E-state index contributed by atoms with van der Waals surface area (Å²) in [5.74, 6) is -5.98. The van der Waals surface area contributed by atoms with Crippen LogP contribution in [-0.4, -0.2) is 117 Å². The second-order valence-electron chi connectivity index (χ2n) is 18.8. The second kappa shape index (κ2) is 16.6. The highest BCUT2D eigenvalue weighted by Gasteiger charge is 2.48. The van der Waals surface area contributed by atoms with E-state index in [2.05, 4.69) is 104 Å². The lowest BCUT2D eigenvalue weighted by atomic mass is 9.79. The van der Waals surface area contributed by atoms with Crippen LogP contribution in [0.5, 0.6) is 0 Å². The number of nitrogens with one attached hydrogen (secondary N) is 3. The highest BCUT2D eigenvalue weighted by Crippen LogP contribution is 2.25. The number of carboxylic acids is 3. The Hall–Kier alpha value is -1.87. The quantitative estimate of drug-likeness (QED) is 0.145. The summed E-state index contributed by atoms with van der Waals surface area (Å²) in [7, 11) is 6.68. The summed E-state index contributed by atoms with van der Waals surface area (Å²) in [5.41, 5.74) is -1.72. The molecule has 0 aromatic rings. The Kier molecular flexibility index (Phi) is 16.0. The van der Waals surface area contributed by atoms with Crippen LogP contribution in [0, 0.1) is 0 Å². The van der Waals surface area contributed by atoms with Crippen molar-refractivity contribution in [2.45, 2.75) is 192 Å². The monoisotopic (exact) mass is 706 g/mol. The van der Waals surface area contributed by atoms with Gasteiger partial charge in [-0.15, -0.1) is 0 Å². The first-order chi connectivity index (χ1) is 21.5. The number of aliphatic hydroxyl groups excluding tert-OH is 3. The molecule has 3 heterocycles. The average Bonchev–Trinajstić information content (AvgIpc) is 2.83. The van der Waals surface area contributed by atoms with Crippen molar-refractivity contribution < 1.29 is 64.8 Å².